The minimum Gasteiger partial charge on any atom is -0.481 e. The van der Waals surface area contributed by atoms with Crippen molar-refractivity contribution in [2.75, 3.05) is 20.3 Å². The van der Waals surface area contributed by atoms with Crippen molar-refractivity contribution in [3.8, 4) is 0 Å². The van der Waals surface area contributed by atoms with Crippen molar-refractivity contribution in [1.29, 1.82) is 0 Å². The van der Waals surface area contributed by atoms with Gasteiger partial charge < -0.3 is 20.1 Å². The fourth-order valence-electron chi connectivity index (χ4n) is 1.79. The number of carboxylic acid groups (broad SMARTS) is 1. The molecule has 0 bridgehead atoms. The van der Waals surface area contributed by atoms with E-state index < -0.39 is 11.5 Å². The van der Waals surface area contributed by atoms with Crippen LogP contribution in [0.3, 0.4) is 0 Å². The molecule has 0 saturated carbocycles. The van der Waals surface area contributed by atoms with Gasteiger partial charge in [-0.3, -0.25) is 4.79 Å². The highest BCUT2D eigenvalue weighted by Gasteiger charge is 2.29. The van der Waals surface area contributed by atoms with Gasteiger partial charge in [-0.2, -0.15) is 0 Å². The van der Waals surface area contributed by atoms with Gasteiger partial charge in [-0.25, -0.2) is 4.79 Å². The number of aliphatic carboxylic acids is 1. The number of carbonyl (C=O) groups is 2. The molecule has 2 N–H and O–H groups in total. The Bertz CT molecular complexity index is 298. The molecular formula is C11H20N2O4. The molecule has 98 valence electrons. The van der Waals surface area contributed by atoms with Gasteiger partial charge in [-0.15, -0.1) is 0 Å². The summed E-state index contributed by atoms with van der Waals surface area (Å²) in [6.07, 6.45) is 0.719. The number of carboxylic acids is 1. The zero-order valence-corrected chi connectivity index (χ0v) is 10.5. The van der Waals surface area contributed by atoms with Crippen molar-refractivity contribution < 1.29 is 19.4 Å². The fraction of sp³-hybridized carbons (Fsp3) is 0.818. The van der Waals surface area contributed by atoms with Crippen LogP contribution in [-0.2, 0) is 9.53 Å². The van der Waals surface area contributed by atoms with E-state index in [0.29, 0.717) is 13.2 Å². The Morgan fingerprint density at radius 3 is 2.65 bits per heavy atom. The smallest absolute Gasteiger partial charge is 0.317 e. The Hall–Kier alpha value is -1.30. The van der Waals surface area contributed by atoms with Gasteiger partial charge in [0.05, 0.1) is 19.1 Å². The summed E-state index contributed by atoms with van der Waals surface area (Å²) in [5, 5.41) is 11.4. The van der Waals surface area contributed by atoms with E-state index in [1.54, 1.807) is 25.8 Å². The first-order valence-electron chi connectivity index (χ1n) is 5.66. The average Bonchev–Trinajstić information content (AvgIpc) is 2.65. The number of nitrogens with one attached hydrogen (secondary N) is 1. The molecule has 0 radical (unpaired) electrons. The molecule has 0 spiro atoms. The zero-order valence-electron chi connectivity index (χ0n) is 10.5. The summed E-state index contributed by atoms with van der Waals surface area (Å²) in [7, 11) is 1.70. The molecule has 0 aromatic carbocycles. The molecule has 1 rings (SSSR count). The number of urea groups is 1. The first-order chi connectivity index (χ1) is 7.82. The molecule has 17 heavy (non-hydrogen) atoms. The molecule has 2 amide bonds. The molecular weight excluding hydrogens is 224 g/mol. The third-order valence-electron chi connectivity index (χ3n) is 2.81. The Morgan fingerprint density at radius 1 is 1.53 bits per heavy atom. The third-order valence-corrected chi connectivity index (χ3v) is 2.81. The van der Waals surface area contributed by atoms with E-state index in [0.717, 1.165) is 6.42 Å². The largest absolute Gasteiger partial charge is 0.481 e. The van der Waals surface area contributed by atoms with Crippen LogP contribution in [0, 0.1) is 0 Å². The monoisotopic (exact) mass is 244 g/mol. The van der Waals surface area contributed by atoms with E-state index in [-0.39, 0.29) is 18.5 Å². The summed E-state index contributed by atoms with van der Waals surface area (Å²) in [5.74, 6) is -0.929. The maximum Gasteiger partial charge on any atom is 0.317 e. The second-order valence-electron chi connectivity index (χ2n) is 5.01. The Balaban J connectivity index is 2.49. The van der Waals surface area contributed by atoms with Crippen molar-refractivity contribution in [3.05, 3.63) is 0 Å². The van der Waals surface area contributed by atoms with Crippen molar-refractivity contribution in [1.82, 2.24) is 10.2 Å². The predicted molar refractivity (Wildman–Crippen MR) is 61.9 cm³/mol. The van der Waals surface area contributed by atoms with E-state index in [4.69, 9.17) is 9.84 Å². The lowest BCUT2D eigenvalue weighted by Gasteiger charge is -2.30. The lowest BCUT2D eigenvalue weighted by atomic mass is 10.0. The Labute approximate surface area is 101 Å². The Morgan fingerprint density at radius 2 is 2.18 bits per heavy atom. The van der Waals surface area contributed by atoms with Crippen LogP contribution in [0.15, 0.2) is 0 Å². The summed E-state index contributed by atoms with van der Waals surface area (Å²) in [6, 6.07) is -0.178. The SMILES string of the molecule is CN(C(=O)NC(C)(C)CC(=O)O)C1CCOC1. The fourth-order valence-corrected chi connectivity index (χ4v) is 1.79. The highest BCUT2D eigenvalue weighted by atomic mass is 16.5. The Kier molecular flexibility index (Phi) is 4.34. The van der Waals surface area contributed by atoms with Crippen LogP contribution >= 0.6 is 0 Å². The number of hydrogen-bond acceptors (Lipinski definition) is 3. The van der Waals surface area contributed by atoms with Crippen LogP contribution in [-0.4, -0.2) is 53.8 Å². The maximum absolute atomic E-state index is 11.9. The highest BCUT2D eigenvalue weighted by molar-refractivity contribution is 5.76. The minimum atomic E-state index is -0.929. The van der Waals surface area contributed by atoms with E-state index in [2.05, 4.69) is 5.32 Å². The molecule has 0 aromatic rings. The molecule has 1 aliphatic rings. The van der Waals surface area contributed by atoms with E-state index in [9.17, 15) is 9.59 Å². The standard InChI is InChI=1S/C11H20N2O4/c1-11(2,6-9(14)15)12-10(16)13(3)8-4-5-17-7-8/h8H,4-7H2,1-3H3,(H,12,16)(H,14,15). The lowest BCUT2D eigenvalue weighted by Crippen LogP contribution is -2.52. The number of amides is 2. The van der Waals surface area contributed by atoms with Crippen LogP contribution in [0.4, 0.5) is 4.79 Å². The van der Waals surface area contributed by atoms with Gasteiger partial charge in [0.2, 0.25) is 0 Å². The number of nitrogens with zero attached hydrogens (tertiary/aromatic N) is 1. The van der Waals surface area contributed by atoms with Gasteiger partial charge in [-0.1, -0.05) is 0 Å². The maximum atomic E-state index is 11.9. The zero-order chi connectivity index (χ0) is 13.1. The van der Waals surface area contributed by atoms with Gasteiger partial charge in [0.1, 0.15) is 0 Å². The van der Waals surface area contributed by atoms with Crippen molar-refractivity contribution >= 4 is 12.0 Å². The summed E-state index contributed by atoms with van der Waals surface area (Å²) < 4.78 is 5.21. The first kappa shape index (κ1) is 13.8. The summed E-state index contributed by atoms with van der Waals surface area (Å²) in [4.78, 5) is 24.1. The number of rotatable bonds is 4. The summed E-state index contributed by atoms with van der Waals surface area (Å²) >= 11 is 0. The van der Waals surface area contributed by atoms with Gasteiger partial charge >= 0.3 is 12.0 Å². The molecule has 6 nitrogen and oxygen atoms in total. The second kappa shape index (κ2) is 5.35. The average molecular weight is 244 g/mol. The second-order valence-corrected chi connectivity index (χ2v) is 5.01. The van der Waals surface area contributed by atoms with Gasteiger partial charge in [0.15, 0.2) is 0 Å². The van der Waals surface area contributed by atoms with Gasteiger partial charge in [0, 0.05) is 19.2 Å². The van der Waals surface area contributed by atoms with Crippen LogP contribution in [0.1, 0.15) is 26.7 Å². The molecule has 0 aromatic heterocycles. The van der Waals surface area contributed by atoms with Gasteiger partial charge in [0.25, 0.3) is 0 Å². The molecule has 1 heterocycles. The number of ether oxygens (including phenoxy) is 1. The van der Waals surface area contributed by atoms with Crippen LogP contribution in [0.25, 0.3) is 0 Å². The van der Waals surface area contributed by atoms with E-state index in [1.165, 1.54) is 0 Å². The quantitative estimate of drug-likeness (QED) is 0.762. The highest BCUT2D eigenvalue weighted by Crippen LogP contribution is 2.13. The molecule has 1 atom stereocenters. The number of carbonyl (C=O) groups excluding carboxylic acids is 1. The molecule has 0 aliphatic carbocycles. The van der Waals surface area contributed by atoms with Crippen molar-refractivity contribution in [3.63, 3.8) is 0 Å². The van der Waals surface area contributed by atoms with Crippen LogP contribution < -0.4 is 5.32 Å². The number of hydrogen-bond donors (Lipinski definition) is 2. The van der Waals surface area contributed by atoms with Crippen molar-refractivity contribution in [2.45, 2.75) is 38.3 Å². The van der Waals surface area contributed by atoms with Crippen LogP contribution in [0.5, 0.6) is 0 Å². The molecule has 6 heteroatoms. The molecule has 1 unspecified atom stereocenters. The summed E-state index contributed by atoms with van der Waals surface area (Å²) in [5.41, 5.74) is -0.753. The van der Waals surface area contributed by atoms with E-state index >= 15 is 0 Å². The molecule has 1 aliphatic heterocycles. The van der Waals surface area contributed by atoms with E-state index in [1.807, 2.05) is 0 Å². The number of likely N-dealkylation sites (N-methyl/N-ethyl adjacent to an activating group) is 1. The first-order valence-corrected chi connectivity index (χ1v) is 5.66. The predicted octanol–water partition coefficient (Wildman–Crippen LogP) is 0.670. The van der Waals surface area contributed by atoms with Crippen LogP contribution in [0.2, 0.25) is 0 Å². The molecule has 1 fully saturated rings. The van der Waals surface area contributed by atoms with Crippen molar-refractivity contribution in [2.24, 2.45) is 0 Å². The lowest BCUT2D eigenvalue weighted by molar-refractivity contribution is -0.138. The topological polar surface area (TPSA) is 78.9 Å². The van der Waals surface area contributed by atoms with Gasteiger partial charge in [-0.05, 0) is 20.3 Å². The third kappa shape index (κ3) is 4.22. The molecule has 1 saturated heterocycles. The summed E-state index contributed by atoms with van der Waals surface area (Å²) in [6.45, 7) is 4.60. The minimum absolute atomic E-state index is 0.0793. The normalized spacial score (nSPS) is 20.1.